The summed E-state index contributed by atoms with van der Waals surface area (Å²) in [6, 6.07) is 4.37. The number of nitrogens with zero attached hydrogens (tertiary/aromatic N) is 4. The maximum Gasteiger partial charge on any atom is 0.263 e. The third-order valence-electron chi connectivity index (χ3n) is 1.93. The maximum atomic E-state index is 13.3. The second kappa shape index (κ2) is 4.79. The molecule has 1 heterocycles. The Hall–Kier alpha value is -2.15. The topological polar surface area (TPSA) is 81.1 Å². The summed E-state index contributed by atoms with van der Waals surface area (Å²) < 4.78 is 14.5. The van der Waals surface area contributed by atoms with Gasteiger partial charge in [-0.2, -0.15) is 5.10 Å². The van der Waals surface area contributed by atoms with E-state index in [-0.39, 0.29) is 16.5 Å². The molecule has 0 amide bonds. The van der Waals surface area contributed by atoms with E-state index in [0.29, 0.717) is 0 Å². The molecule has 3 N–H and O–H groups in total. The number of aromatic nitrogens is 3. The van der Waals surface area contributed by atoms with Gasteiger partial charge in [0.2, 0.25) is 0 Å². The average Bonchev–Trinajstić information content (AvgIpc) is 2.69. The van der Waals surface area contributed by atoms with Gasteiger partial charge in [-0.3, -0.25) is 0 Å². The van der Waals surface area contributed by atoms with E-state index in [1.165, 1.54) is 24.7 Å². The number of nitrogens with two attached hydrogens (primary N) is 1. The van der Waals surface area contributed by atoms with Gasteiger partial charge >= 0.3 is 0 Å². The van der Waals surface area contributed by atoms with E-state index in [4.69, 9.17) is 17.4 Å². The lowest BCUT2D eigenvalue weighted by Gasteiger charge is -2.00. The van der Waals surface area contributed by atoms with Crippen LogP contribution in [-0.2, 0) is 0 Å². The molecule has 0 spiro atoms. The number of benzene rings is 1. The Morgan fingerprint density at radius 3 is 3.00 bits per heavy atom. The SMILES string of the molecule is Nn1cnnc1N/N=C/c1c(F)cccc1Cl. The van der Waals surface area contributed by atoms with Gasteiger partial charge in [-0.05, 0) is 12.1 Å². The van der Waals surface area contributed by atoms with E-state index in [0.717, 1.165) is 4.68 Å². The fourth-order valence-electron chi connectivity index (χ4n) is 1.11. The van der Waals surface area contributed by atoms with Crippen molar-refractivity contribution in [3.05, 3.63) is 40.9 Å². The predicted octanol–water partition coefficient (Wildman–Crippen LogP) is 1.23. The van der Waals surface area contributed by atoms with E-state index in [1.807, 2.05) is 0 Å². The number of hydrogen-bond donors (Lipinski definition) is 2. The van der Waals surface area contributed by atoms with Crippen LogP contribution >= 0.6 is 11.6 Å². The first-order chi connectivity index (χ1) is 8.18. The van der Waals surface area contributed by atoms with Crippen LogP contribution in [0.4, 0.5) is 10.3 Å². The Balaban J connectivity index is 2.14. The van der Waals surface area contributed by atoms with Crippen molar-refractivity contribution in [2.75, 3.05) is 11.3 Å². The molecule has 0 unspecified atom stereocenters. The molecule has 17 heavy (non-hydrogen) atoms. The van der Waals surface area contributed by atoms with Crippen LogP contribution in [-0.4, -0.2) is 21.1 Å². The van der Waals surface area contributed by atoms with E-state index >= 15 is 0 Å². The van der Waals surface area contributed by atoms with Gasteiger partial charge in [-0.15, -0.1) is 10.2 Å². The second-order valence-electron chi connectivity index (χ2n) is 3.07. The van der Waals surface area contributed by atoms with Crippen molar-refractivity contribution in [2.45, 2.75) is 0 Å². The Labute approximate surface area is 101 Å². The third kappa shape index (κ3) is 2.51. The van der Waals surface area contributed by atoms with Crippen LogP contribution in [0.3, 0.4) is 0 Å². The highest BCUT2D eigenvalue weighted by molar-refractivity contribution is 6.33. The summed E-state index contributed by atoms with van der Waals surface area (Å²) >= 11 is 5.80. The number of nitrogen functional groups attached to an aromatic ring is 1. The van der Waals surface area contributed by atoms with E-state index < -0.39 is 5.82 Å². The molecule has 0 radical (unpaired) electrons. The van der Waals surface area contributed by atoms with Gasteiger partial charge in [0.15, 0.2) is 0 Å². The zero-order valence-electron chi connectivity index (χ0n) is 8.51. The normalized spacial score (nSPS) is 10.9. The van der Waals surface area contributed by atoms with Crippen LogP contribution in [0, 0.1) is 5.82 Å². The van der Waals surface area contributed by atoms with Crippen molar-refractivity contribution in [2.24, 2.45) is 5.10 Å². The minimum Gasteiger partial charge on any atom is -0.335 e. The molecule has 0 aliphatic rings. The summed E-state index contributed by atoms with van der Waals surface area (Å²) in [5, 5.41) is 11.2. The number of hydrogen-bond acceptors (Lipinski definition) is 5. The quantitative estimate of drug-likeness (QED) is 0.490. The van der Waals surface area contributed by atoms with Crippen molar-refractivity contribution in [3.63, 3.8) is 0 Å². The standard InChI is InChI=1S/C9H8ClFN6/c10-7-2-1-3-8(11)6(7)4-13-15-9-16-14-5-17(9)12/h1-5H,12H2,(H,15,16)/b13-4+. The second-order valence-corrected chi connectivity index (χ2v) is 3.47. The first-order valence-corrected chi connectivity index (χ1v) is 4.94. The van der Waals surface area contributed by atoms with Crippen molar-refractivity contribution in [1.82, 2.24) is 14.9 Å². The van der Waals surface area contributed by atoms with Gasteiger partial charge in [0.25, 0.3) is 5.95 Å². The van der Waals surface area contributed by atoms with Gasteiger partial charge in [0, 0.05) is 5.56 Å². The largest absolute Gasteiger partial charge is 0.335 e. The molecule has 88 valence electrons. The molecule has 0 bridgehead atoms. The Bertz CT molecular complexity index is 532. The Morgan fingerprint density at radius 2 is 2.35 bits per heavy atom. The van der Waals surface area contributed by atoms with Crippen LogP contribution < -0.4 is 11.3 Å². The lowest BCUT2D eigenvalue weighted by atomic mass is 10.2. The summed E-state index contributed by atoms with van der Waals surface area (Å²) in [5.74, 6) is 5.20. The molecule has 0 aliphatic carbocycles. The highest BCUT2D eigenvalue weighted by Gasteiger charge is 2.03. The molecular weight excluding hydrogens is 247 g/mol. The third-order valence-corrected chi connectivity index (χ3v) is 2.26. The molecule has 6 nitrogen and oxygen atoms in total. The molecule has 0 fully saturated rings. The van der Waals surface area contributed by atoms with Crippen LogP contribution in [0.1, 0.15) is 5.56 Å². The molecule has 2 aromatic rings. The van der Waals surface area contributed by atoms with Gasteiger partial charge in [0.05, 0.1) is 11.2 Å². The molecule has 1 aromatic heterocycles. The van der Waals surface area contributed by atoms with Crippen LogP contribution in [0.5, 0.6) is 0 Å². The fourth-order valence-corrected chi connectivity index (χ4v) is 1.32. The first-order valence-electron chi connectivity index (χ1n) is 4.56. The summed E-state index contributed by atoms with van der Waals surface area (Å²) in [6.45, 7) is 0. The van der Waals surface area contributed by atoms with Crippen molar-refractivity contribution < 1.29 is 4.39 Å². The molecular formula is C9H8ClFN6. The van der Waals surface area contributed by atoms with E-state index in [2.05, 4.69) is 20.7 Å². The van der Waals surface area contributed by atoms with Crippen LogP contribution in [0.2, 0.25) is 5.02 Å². The average molecular weight is 255 g/mol. The van der Waals surface area contributed by atoms with Crippen molar-refractivity contribution in [3.8, 4) is 0 Å². The fraction of sp³-hybridized carbons (Fsp3) is 0. The maximum absolute atomic E-state index is 13.3. The monoisotopic (exact) mass is 254 g/mol. The smallest absolute Gasteiger partial charge is 0.263 e. The predicted molar refractivity (Wildman–Crippen MR) is 62.8 cm³/mol. The number of hydrazone groups is 1. The van der Waals surface area contributed by atoms with E-state index in [1.54, 1.807) is 6.07 Å². The minimum atomic E-state index is -0.461. The number of halogens is 2. The van der Waals surface area contributed by atoms with Crippen LogP contribution in [0.25, 0.3) is 0 Å². The molecule has 0 saturated heterocycles. The van der Waals surface area contributed by atoms with Crippen LogP contribution in [0.15, 0.2) is 29.6 Å². The van der Waals surface area contributed by atoms with Gasteiger partial charge in [-0.25, -0.2) is 14.5 Å². The summed E-state index contributed by atoms with van der Waals surface area (Å²) in [4.78, 5) is 0. The van der Waals surface area contributed by atoms with Gasteiger partial charge in [-0.1, -0.05) is 17.7 Å². The summed E-state index contributed by atoms with van der Waals surface area (Å²) in [5.41, 5.74) is 2.69. The zero-order valence-corrected chi connectivity index (χ0v) is 9.26. The highest BCUT2D eigenvalue weighted by atomic mass is 35.5. The molecule has 1 aromatic carbocycles. The lowest BCUT2D eigenvalue weighted by molar-refractivity contribution is 0.626. The van der Waals surface area contributed by atoms with Gasteiger partial charge < -0.3 is 5.84 Å². The summed E-state index contributed by atoms with van der Waals surface area (Å²) in [7, 11) is 0. The number of anilines is 1. The number of rotatable bonds is 3. The molecule has 0 aliphatic heterocycles. The molecule has 2 rings (SSSR count). The molecule has 0 atom stereocenters. The molecule has 0 saturated carbocycles. The lowest BCUT2D eigenvalue weighted by Crippen LogP contribution is -2.10. The van der Waals surface area contributed by atoms with E-state index in [9.17, 15) is 4.39 Å². The highest BCUT2D eigenvalue weighted by Crippen LogP contribution is 2.16. The van der Waals surface area contributed by atoms with Crippen molar-refractivity contribution in [1.29, 1.82) is 0 Å². The Morgan fingerprint density at radius 1 is 1.53 bits per heavy atom. The minimum absolute atomic E-state index is 0.185. The molecule has 8 heteroatoms. The first kappa shape index (κ1) is 11.3. The summed E-state index contributed by atoms with van der Waals surface area (Å²) in [6.07, 6.45) is 2.54. The number of nitrogens with one attached hydrogen (secondary N) is 1. The van der Waals surface area contributed by atoms with Crippen molar-refractivity contribution >= 4 is 23.8 Å². The Kier molecular flexibility index (Phi) is 3.20. The van der Waals surface area contributed by atoms with Gasteiger partial charge in [0.1, 0.15) is 12.1 Å². The zero-order chi connectivity index (χ0) is 12.3.